The smallest absolute Gasteiger partial charge is 0.319 e. The maximum absolute atomic E-state index is 13.3. The molecule has 0 spiro atoms. The molecule has 0 unspecified atom stereocenters. The summed E-state index contributed by atoms with van der Waals surface area (Å²) in [5.74, 6) is -1.42. The SMILES string of the molecule is Cc1c(F)cccc1NC(=O)NCC(C)(C)C(=O)O. The van der Waals surface area contributed by atoms with Crippen LogP contribution in [0.5, 0.6) is 0 Å². The summed E-state index contributed by atoms with van der Waals surface area (Å²) in [6.07, 6.45) is 0. The van der Waals surface area contributed by atoms with E-state index in [2.05, 4.69) is 10.6 Å². The van der Waals surface area contributed by atoms with Crippen LogP contribution in [-0.2, 0) is 4.79 Å². The minimum Gasteiger partial charge on any atom is -0.481 e. The highest BCUT2D eigenvalue weighted by atomic mass is 19.1. The fourth-order valence-electron chi connectivity index (χ4n) is 1.29. The number of anilines is 1. The number of hydrogen-bond acceptors (Lipinski definition) is 2. The van der Waals surface area contributed by atoms with Crippen molar-refractivity contribution in [1.82, 2.24) is 5.32 Å². The first-order chi connectivity index (χ1) is 8.74. The number of amides is 2. The van der Waals surface area contributed by atoms with Crippen LogP contribution in [0.3, 0.4) is 0 Å². The number of nitrogens with one attached hydrogen (secondary N) is 2. The van der Waals surface area contributed by atoms with Crippen molar-refractivity contribution in [2.45, 2.75) is 20.8 Å². The summed E-state index contributed by atoms with van der Waals surface area (Å²) in [4.78, 5) is 22.5. The van der Waals surface area contributed by atoms with Gasteiger partial charge in [0.25, 0.3) is 0 Å². The van der Waals surface area contributed by atoms with Gasteiger partial charge in [-0.25, -0.2) is 9.18 Å². The molecule has 2 amide bonds. The molecule has 6 heteroatoms. The Balaban J connectivity index is 2.62. The minimum absolute atomic E-state index is 0.0253. The summed E-state index contributed by atoms with van der Waals surface area (Å²) >= 11 is 0. The van der Waals surface area contributed by atoms with Crippen LogP contribution in [0.15, 0.2) is 18.2 Å². The Hall–Kier alpha value is -2.11. The second-order valence-corrected chi connectivity index (χ2v) is 4.91. The van der Waals surface area contributed by atoms with E-state index in [0.717, 1.165) is 0 Å². The summed E-state index contributed by atoms with van der Waals surface area (Å²) < 4.78 is 13.3. The van der Waals surface area contributed by atoms with Crippen LogP contribution in [-0.4, -0.2) is 23.7 Å². The highest BCUT2D eigenvalue weighted by molar-refractivity contribution is 5.90. The molecule has 0 radical (unpaired) electrons. The lowest BCUT2D eigenvalue weighted by molar-refractivity contribution is -0.146. The van der Waals surface area contributed by atoms with Gasteiger partial charge in [0.05, 0.1) is 5.41 Å². The van der Waals surface area contributed by atoms with Crippen molar-refractivity contribution < 1.29 is 19.1 Å². The Kier molecular flexibility index (Phi) is 4.47. The monoisotopic (exact) mass is 268 g/mol. The van der Waals surface area contributed by atoms with Gasteiger partial charge in [0.2, 0.25) is 0 Å². The van der Waals surface area contributed by atoms with Crippen LogP contribution in [0.2, 0.25) is 0 Å². The lowest BCUT2D eigenvalue weighted by Crippen LogP contribution is -2.40. The highest BCUT2D eigenvalue weighted by Gasteiger charge is 2.27. The second kappa shape index (κ2) is 5.69. The number of carboxylic acid groups (broad SMARTS) is 1. The van der Waals surface area contributed by atoms with Crippen LogP contribution in [0, 0.1) is 18.2 Å². The van der Waals surface area contributed by atoms with E-state index in [0.29, 0.717) is 11.3 Å². The molecule has 0 aromatic heterocycles. The Morgan fingerprint density at radius 1 is 1.37 bits per heavy atom. The van der Waals surface area contributed by atoms with Gasteiger partial charge in [0.15, 0.2) is 0 Å². The van der Waals surface area contributed by atoms with E-state index in [1.54, 1.807) is 13.0 Å². The number of urea groups is 1. The maximum Gasteiger partial charge on any atom is 0.319 e. The van der Waals surface area contributed by atoms with Crippen molar-refractivity contribution in [3.8, 4) is 0 Å². The zero-order valence-electron chi connectivity index (χ0n) is 11.1. The first-order valence-electron chi connectivity index (χ1n) is 5.77. The van der Waals surface area contributed by atoms with Crippen molar-refractivity contribution in [2.75, 3.05) is 11.9 Å². The second-order valence-electron chi connectivity index (χ2n) is 4.91. The summed E-state index contributed by atoms with van der Waals surface area (Å²) in [6.45, 7) is 4.53. The van der Waals surface area contributed by atoms with Crippen LogP contribution in [0.25, 0.3) is 0 Å². The van der Waals surface area contributed by atoms with Crippen LogP contribution >= 0.6 is 0 Å². The number of carboxylic acids is 1. The summed E-state index contributed by atoms with van der Waals surface area (Å²) in [6, 6.07) is 3.79. The first kappa shape index (κ1) is 14.9. The van der Waals surface area contributed by atoms with E-state index in [1.807, 2.05) is 0 Å². The molecule has 0 aliphatic rings. The fraction of sp³-hybridized carbons (Fsp3) is 0.385. The lowest BCUT2D eigenvalue weighted by Gasteiger charge is -2.19. The number of hydrogen-bond donors (Lipinski definition) is 3. The average Bonchev–Trinajstić information content (AvgIpc) is 2.32. The van der Waals surface area contributed by atoms with Gasteiger partial charge in [0, 0.05) is 17.8 Å². The van der Waals surface area contributed by atoms with Gasteiger partial charge in [-0.15, -0.1) is 0 Å². The van der Waals surface area contributed by atoms with Crippen molar-refractivity contribution in [3.63, 3.8) is 0 Å². The lowest BCUT2D eigenvalue weighted by atomic mass is 9.94. The van der Waals surface area contributed by atoms with Crippen molar-refractivity contribution >= 4 is 17.7 Å². The van der Waals surface area contributed by atoms with E-state index in [-0.39, 0.29) is 6.54 Å². The van der Waals surface area contributed by atoms with Crippen molar-refractivity contribution in [1.29, 1.82) is 0 Å². The van der Waals surface area contributed by atoms with Gasteiger partial charge in [0.1, 0.15) is 5.82 Å². The Morgan fingerprint density at radius 3 is 2.58 bits per heavy atom. The quantitative estimate of drug-likeness (QED) is 0.784. The molecule has 0 aliphatic heterocycles. The standard InChI is InChI=1S/C13H17FN2O3/c1-8-9(14)5-4-6-10(8)16-12(19)15-7-13(2,3)11(17)18/h4-6H,7H2,1-3H3,(H,17,18)(H2,15,16,19). The largest absolute Gasteiger partial charge is 0.481 e. The molecule has 1 rings (SSSR count). The molecular weight excluding hydrogens is 251 g/mol. The molecule has 0 heterocycles. The van der Waals surface area contributed by atoms with Gasteiger partial charge in [-0.3, -0.25) is 4.79 Å². The van der Waals surface area contributed by atoms with Gasteiger partial charge in [-0.1, -0.05) is 6.07 Å². The first-order valence-corrected chi connectivity index (χ1v) is 5.77. The number of benzene rings is 1. The predicted molar refractivity (Wildman–Crippen MR) is 69.6 cm³/mol. The molecule has 5 nitrogen and oxygen atoms in total. The molecule has 19 heavy (non-hydrogen) atoms. The molecule has 3 N–H and O–H groups in total. The fourth-order valence-corrected chi connectivity index (χ4v) is 1.29. The average molecular weight is 268 g/mol. The van der Waals surface area contributed by atoms with Gasteiger partial charge in [-0.2, -0.15) is 0 Å². The molecular formula is C13H17FN2O3. The molecule has 0 saturated heterocycles. The number of halogens is 1. The number of carbonyl (C=O) groups is 2. The predicted octanol–water partition coefficient (Wildman–Crippen LogP) is 2.37. The Labute approximate surface area is 110 Å². The van der Waals surface area contributed by atoms with Crippen molar-refractivity contribution in [3.05, 3.63) is 29.6 Å². The van der Waals surface area contributed by atoms with E-state index in [1.165, 1.54) is 26.0 Å². The van der Waals surface area contributed by atoms with Gasteiger partial charge < -0.3 is 15.7 Å². The summed E-state index contributed by atoms with van der Waals surface area (Å²) in [5, 5.41) is 13.8. The third kappa shape index (κ3) is 3.94. The van der Waals surface area contributed by atoms with Crippen molar-refractivity contribution in [2.24, 2.45) is 5.41 Å². The number of carbonyl (C=O) groups excluding carboxylic acids is 1. The van der Waals surface area contributed by atoms with E-state index < -0.39 is 23.2 Å². The Bertz CT molecular complexity index is 501. The third-order valence-corrected chi connectivity index (χ3v) is 2.79. The maximum atomic E-state index is 13.3. The van der Waals surface area contributed by atoms with E-state index >= 15 is 0 Å². The minimum atomic E-state index is -1.06. The van der Waals surface area contributed by atoms with Gasteiger partial charge in [-0.05, 0) is 32.9 Å². The molecule has 1 aromatic rings. The summed E-state index contributed by atoms with van der Waals surface area (Å²) in [7, 11) is 0. The molecule has 0 saturated carbocycles. The third-order valence-electron chi connectivity index (χ3n) is 2.79. The topological polar surface area (TPSA) is 78.4 Å². The molecule has 1 aromatic carbocycles. The normalized spacial score (nSPS) is 10.9. The zero-order valence-corrected chi connectivity index (χ0v) is 11.1. The summed E-state index contributed by atoms with van der Waals surface area (Å²) in [5.41, 5.74) is -0.380. The molecule has 104 valence electrons. The van der Waals surface area contributed by atoms with E-state index in [4.69, 9.17) is 5.11 Å². The highest BCUT2D eigenvalue weighted by Crippen LogP contribution is 2.17. The molecule has 0 aliphatic carbocycles. The number of rotatable bonds is 4. The molecule has 0 fully saturated rings. The van der Waals surface area contributed by atoms with Crippen LogP contribution < -0.4 is 10.6 Å². The van der Waals surface area contributed by atoms with Crippen LogP contribution in [0.1, 0.15) is 19.4 Å². The molecule has 0 atom stereocenters. The Morgan fingerprint density at radius 2 is 2.00 bits per heavy atom. The zero-order chi connectivity index (χ0) is 14.6. The van der Waals surface area contributed by atoms with Crippen LogP contribution in [0.4, 0.5) is 14.9 Å². The number of aliphatic carboxylic acids is 1. The van der Waals surface area contributed by atoms with E-state index in [9.17, 15) is 14.0 Å². The molecule has 0 bridgehead atoms. The van der Waals surface area contributed by atoms with Gasteiger partial charge >= 0.3 is 12.0 Å².